The molecule has 3 aromatic rings. The number of aromatic nitrogens is 1. The standard InChI is InChI=1S/C19H17NO/c1-13-7-8-14(2)16(11-13)12-18(21)19-17-6-4-3-5-15(17)9-10-20-19/h3-11H,12H2,1-2H3. The van der Waals surface area contributed by atoms with Gasteiger partial charge in [0, 0.05) is 18.0 Å². The lowest BCUT2D eigenvalue weighted by Crippen LogP contribution is -2.08. The van der Waals surface area contributed by atoms with Crippen LogP contribution in [0.5, 0.6) is 0 Å². The Morgan fingerprint density at radius 3 is 2.71 bits per heavy atom. The number of ketones is 1. The normalized spacial score (nSPS) is 10.8. The predicted molar refractivity (Wildman–Crippen MR) is 85.7 cm³/mol. The Bertz CT molecular complexity index is 815. The molecule has 0 bridgehead atoms. The molecule has 0 spiro atoms. The number of aryl methyl sites for hydroxylation is 2. The van der Waals surface area contributed by atoms with Gasteiger partial charge < -0.3 is 0 Å². The van der Waals surface area contributed by atoms with Crippen LogP contribution in [0.2, 0.25) is 0 Å². The van der Waals surface area contributed by atoms with Gasteiger partial charge in [0.05, 0.1) is 0 Å². The number of hydrogen-bond acceptors (Lipinski definition) is 2. The quantitative estimate of drug-likeness (QED) is 0.668. The number of pyridine rings is 1. The van der Waals surface area contributed by atoms with E-state index in [1.54, 1.807) is 6.20 Å². The molecule has 0 aliphatic carbocycles. The third kappa shape index (κ3) is 2.70. The lowest BCUT2D eigenvalue weighted by Gasteiger charge is -2.08. The van der Waals surface area contributed by atoms with Crippen LogP contribution in [0.3, 0.4) is 0 Å². The van der Waals surface area contributed by atoms with Crippen LogP contribution in [0.4, 0.5) is 0 Å². The van der Waals surface area contributed by atoms with E-state index in [1.807, 2.05) is 44.2 Å². The number of Topliss-reactive ketones (excluding diaryl/α,β-unsaturated/α-hetero) is 1. The molecule has 2 nitrogen and oxygen atoms in total. The number of rotatable bonds is 3. The van der Waals surface area contributed by atoms with E-state index in [9.17, 15) is 4.79 Å². The minimum absolute atomic E-state index is 0.0699. The van der Waals surface area contributed by atoms with Crippen LogP contribution < -0.4 is 0 Å². The molecule has 0 unspecified atom stereocenters. The molecule has 0 atom stereocenters. The number of nitrogens with zero attached hydrogens (tertiary/aromatic N) is 1. The van der Waals surface area contributed by atoms with Gasteiger partial charge in [-0.15, -0.1) is 0 Å². The van der Waals surface area contributed by atoms with Crippen molar-refractivity contribution in [2.45, 2.75) is 20.3 Å². The summed E-state index contributed by atoms with van der Waals surface area (Å²) in [5.74, 6) is 0.0699. The summed E-state index contributed by atoms with van der Waals surface area (Å²) >= 11 is 0. The Labute approximate surface area is 124 Å². The summed E-state index contributed by atoms with van der Waals surface area (Å²) in [5, 5.41) is 1.98. The van der Waals surface area contributed by atoms with E-state index in [4.69, 9.17) is 0 Å². The zero-order valence-corrected chi connectivity index (χ0v) is 12.3. The summed E-state index contributed by atoms with van der Waals surface area (Å²) in [7, 11) is 0. The third-order valence-corrected chi connectivity index (χ3v) is 3.79. The van der Waals surface area contributed by atoms with E-state index in [0.29, 0.717) is 12.1 Å². The fourth-order valence-electron chi connectivity index (χ4n) is 2.59. The molecule has 0 N–H and O–H groups in total. The first kappa shape index (κ1) is 13.5. The van der Waals surface area contributed by atoms with Crippen molar-refractivity contribution in [3.05, 3.63) is 77.1 Å². The number of fused-ring (bicyclic) bond motifs is 1. The molecule has 2 heteroatoms. The van der Waals surface area contributed by atoms with Crippen molar-refractivity contribution < 1.29 is 4.79 Å². The van der Waals surface area contributed by atoms with E-state index in [1.165, 1.54) is 5.56 Å². The van der Waals surface area contributed by atoms with Crippen molar-refractivity contribution >= 4 is 16.6 Å². The predicted octanol–water partition coefficient (Wildman–Crippen LogP) is 4.28. The first-order chi connectivity index (χ1) is 10.1. The van der Waals surface area contributed by atoms with E-state index < -0.39 is 0 Å². The average molecular weight is 275 g/mol. The van der Waals surface area contributed by atoms with E-state index in [-0.39, 0.29) is 5.78 Å². The van der Waals surface area contributed by atoms with Gasteiger partial charge in [0.25, 0.3) is 0 Å². The van der Waals surface area contributed by atoms with Crippen LogP contribution in [0.25, 0.3) is 10.8 Å². The van der Waals surface area contributed by atoms with Crippen LogP contribution >= 0.6 is 0 Å². The van der Waals surface area contributed by atoms with Crippen molar-refractivity contribution in [1.29, 1.82) is 0 Å². The largest absolute Gasteiger partial charge is 0.292 e. The number of carbonyl (C=O) groups is 1. The van der Waals surface area contributed by atoms with Gasteiger partial charge in [0.15, 0.2) is 5.78 Å². The Morgan fingerprint density at radius 1 is 1.05 bits per heavy atom. The maximum Gasteiger partial charge on any atom is 0.186 e. The summed E-state index contributed by atoms with van der Waals surface area (Å²) in [6.45, 7) is 4.09. The summed E-state index contributed by atoms with van der Waals surface area (Å²) in [6.07, 6.45) is 2.10. The van der Waals surface area contributed by atoms with Crippen LogP contribution in [-0.2, 0) is 6.42 Å². The molecule has 0 amide bonds. The first-order valence-corrected chi connectivity index (χ1v) is 7.08. The summed E-state index contributed by atoms with van der Waals surface area (Å²) in [6, 6.07) is 16.0. The third-order valence-electron chi connectivity index (χ3n) is 3.79. The minimum Gasteiger partial charge on any atom is -0.292 e. The molecule has 3 rings (SSSR count). The SMILES string of the molecule is Cc1ccc(C)c(CC(=O)c2nccc3ccccc23)c1. The van der Waals surface area contributed by atoms with Crippen LogP contribution in [0, 0.1) is 13.8 Å². The molecule has 1 heterocycles. The molecule has 0 radical (unpaired) electrons. The second-order valence-electron chi connectivity index (χ2n) is 5.41. The lowest BCUT2D eigenvalue weighted by atomic mass is 9.98. The average Bonchev–Trinajstić information content (AvgIpc) is 2.50. The van der Waals surface area contributed by atoms with Gasteiger partial charge in [0.1, 0.15) is 5.69 Å². The fraction of sp³-hybridized carbons (Fsp3) is 0.158. The monoisotopic (exact) mass is 275 g/mol. The van der Waals surface area contributed by atoms with Crippen molar-refractivity contribution in [2.24, 2.45) is 0 Å². The Morgan fingerprint density at radius 2 is 1.86 bits per heavy atom. The highest BCUT2D eigenvalue weighted by molar-refractivity contribution is 6.07. The van der Waals surface area contributed by atoms with Crippen LogP contribution in [0.1, 0.15) is 27.2 Å². The summed E-state index contributed by atoms with van der Waals surface area (Å²) in [5.41, 5.74) is 3.97. The molecule has 0 fully saturated rings. The van der Waals surface area contributed by atoms with Crippen molar-refractivity contribution in [2.75, 3.05) is 0 Å². The first-order valence-electron chi connectivity index (χ1n) is 7.08. The van der Waals surface area contributed by atoms with E-state index in [2.05, 4.69) is 23.2 Å². The Hall–Kier alpha value is -2.48. The second kappa shape index (κ2) is 5.49. The second-order valence-corrected chi connectivity index (χ2v) is 5.41. The molecule has 1 aromatic heterocycles. The highest BCUT2D eigenvalue weighted by Gasteiger charge is 2.13. The molecular weight excluding hydrogens is 258 g/mol. The summed E-state index contributed by atoms with van der Waals surface area (Å²) < 4.78 is 0. The Kier molecular flexibility index (Phi) is 3.53. The zero-order valence-electron chi connectivity index (χ0n) is 12.3. The number of carbonyl (C=O) groups excluding carboxylic acids is 1. The Balaban J connectivity index is 1.99. The maximum atomic E-state index is 12.6. The lowest BCUT2D eigenvalue weighted by molar-refractivity contribution is 0.0990. The molecule has 2 aromatic carbocycles. The van der Waals surface area contributed by atoms with Gasteiger partial charge in [-0.1, -0.05) is 48.0 Å². The summed E-state index contributed by atoms with van der Waals surface area (Å²) in [4.78, 5) is 16.9. The van der Waals surface area contributed by atoms with Crippen molar-refractivity contribution in [3.63, 3.8) is 0 Å². The van der Waals surface area contributed by atoms with Gasteiger partial charge >= 0.3 is 0 Å². The van der Waals surface area contributed by atoms with Crippen molar-refractivity contribution in [1.82, 2.24) is 4.98 Å². The van der Waals surface area contributed by atoms with Crippen molar-refractivity contribution in [3.8, 4) is 0 Å². The highest BCUT2D eigenvalue weighted by atomic mass is 16.1. The van der Waals surface area contributed by atoms with E-state index in [0.717, 1.165) is 21.9 Å². The number of hydrogen-bond donors (Lipinski definition) is 0. The minimum atomic E-state index is 0.0699. The maximum absolute atomic E-state index is 12.6. The molecular formula is C19H17NO. The van der Waals surface area contributed by atoms with E-state index >= 15 is 0 Å². The highest BCUT2D eigenvalue weighted by Crippen LogP contribution is 2.19. The van der Waals surface area contributed by atoms with Gasteiger partial charge in [-0.3, -0.25) is 9.78 Å². The molecule has 0 saturated heterocycles. The fourth-order valence-corrected chi connectivity index (χ4v) is 2.59. The van der Waals surface area contributed by atoms with Crippen LogP contribution in [-0.4, -0.2) is 10.8 Å². The van der Waals surface area contributed by atoms with Crippen LogP contribution in [0.15, 0.2) is 54.7 Å². The van der Waals surface area contributed by atoms with Gasteiger partial charge in [0.2, 0.25) is 0 Å². The molecule has 21 heavy (non-hydrogen) atoms. The van der Waals surface area contributed by atoms with Gasteiger partial charge in [-0.2, -0.15) is 0 Å². The topological polar surface area (TPSA) is 30.0 Å². The molecule has 0 saturated carbocycles. The van der Waals surface area contributed by atoms with Gasteiger partial charge in [-0.25, -0.2) is 0 Å². The molecule has 0 aliphatic rings. The van der Waals surface area contributed by atoms with Gasteiger partial charge in [-0.05, 0) is 36.4 Å². The number of benzene rings is 2. The smallest absolute Gasteiger partial charge is 0.186 e. The molecule has 104 valence electrons. The molecule has 0 aliphatic heterocycles. The zero-order chi connectivity index (χ0) is 14.8.